The highest BCUT2D eigenvalue weighted by Gasteiger charge is 2.04. The van der Waals surface area contributed by atoms with Crippen LogP contribution < -0.4 is 0 Å². The smallest absolute Gasteiger partial charge is 0.133 e. The van der Waals surface area contributed by atoms with E-state index >= 15 is 0 Å². The van der Waals surface area contributed by atoms with Crippen LogP contribution in [0.2, 0.25) is 0 Å². The zero-order valence-electron chi connectivity index (χ0n) is 8.05. The monoisotopic (exact) mass is 195 g/mol. The van der Waals surface area contributed by atoms with Gasteiger partial charge in [0.2, 0.25) is 0 Å². The predicted molar refractivity (Wildman–Crippen MR) is 58.9 cm³/mol. The summed E-state index contributed by atoms with van der Waals surface area (Å²) in [5.41, 5.74) is 2.28. The molecule has 2 heteroatoms. The quantitative estimate of drug-likeness (QED) is 0.688. The highest BCUT2D eigenvalue weighted by atomic mass is 16.1. The third-order valence-corrected chi connectivity index (χ3v) is 2.13. The first kappa shape index (κ1) is 9.38. The molecule has 2 rings (SSSR count). The fourth-order valence-corrected chi connectivity index (χ4v) is 1.41. The first-order valence-electron chi connectivity index (χ1n) is 4.63. The van der Waals surface area contributed by atoms with E-state index in [-0.39, 0.29) is 0 Å². The Morgan fingerprint density at radius 3 is 2.13 bits per heavy atom. The highest BCUT2D eigenvalue weighted by Crippen LogP contribution is 2.19. The topological polar surface area (TPSA) is 30.0 Å². The Labute approximate surface area is 87.9 Å². The third-order valence-electron chi connectivity index (χ3n) is 2.13. The number of aromatic nitrogens is 1. The second kappa shape index (κ2) is 4.36. The predicted octanol–water partition coefficient (Wildman–Crippen LogP) is 2.34. The van der Waals surface area contributed by atoms with Gasteiger partial charge in [0.25, 0.3) is 0 Å². The van der Waals surface area contributed by atoms with Gasteiger partial charge in [-0.1, -0.05) is 30.3 Å². The number of nitrogens with zero attached hydrogens (tertiary/aromatic N) is 1. The van der Waals surface area contributed by atoms with E-state index in [1.807, 2.05) is 36.3 Å². The number of rotatable bonds is 2. The van der Waals surface area contributed by atoms with Crippen molar-refractivity contribution >= 4 is 11.5 Å². The Bertz CT molecular complexity index is 443. The number of hydrogen-bond donors (Lipinski definition) is 0. The summed E-state index contributed by atoms with van der Waals surface area (Å²) in [5, 5.41) is 0. The second-order valence-electron chi connectivity index (χ2n) is 3.08. The summed E-state index contributed by atoms with van der Waals surface area (Å²) in [6, 6.07) is 13.1. The Morgan fingerprint density at radius 1 is 0.933 bits per heavy atom. The van der Waals surface area contributed by atoms with Gasteiger partial charge in [-0.2, -0.15) is 0 Å². The standard InChI is InChI=1S/C13H9NO/c15-10-13(11-4-2-1-3-5-11)12-6-8-14-9-7-12/h1-9H. The number of benzene rings is 1. The van der Waals surface area contributed by atoms with Crippen molar-refractivity contribution in [2.24, 2.45) is 0 Å². The molecule has 15 heavy (non-hydrogen) atoms. The summed E-state index contributed by atoms with van der Waals surface area (Å²) in [4.78, 5) is 14.8. The van der Waals surface area contributed by atoms with Gasteiger partial charge in [-0.25, -0.2) is 4.79 Å². The van der Waals surface area contributed by atoms with Crippen LogP contribution in [0, 0.1) is 0 Å². The van der Waals surface area contributed by atoms with Gasteiger partial charge in [0.05, 0.1) is 5.57 Å². The molecule has 0 fully saturated rings. The van der Waals surface area contributed by atoms with Crippen molar-refractivity contribution < 1.29 is 4.79 Å². The van der Waals surface area contributed by atoms with Crippen molar-refractivity contribution in [3.63, 3.8) is 0 Å². The summed E-state index contributed by atoms with van der Waals surface area (Å²) in [6.45, 7) is 0. The van der Waals surface area contributed by atoms with E-state index in [0.717, 1.165) is 11.1 Å². The lowest BCUT2D eigenvalue weighted by Crippen LogP contribution is -1.88. The lowest BCUT2D eigenvalue weighted by molar-refractivity contribution is 0.569. The first-order chi connectivity index (χ1) is 7.42. The largest absolute Gasteiger partial charge is 0.265 e. The van der Waals surface area contributed by atoms with E-state index in [0.29, 0.717) is 5.57 Å². The van der Waals surface area contributed by atoms with Crippen LogP contribution in [0.15, 0.2) is 54.9 Å². The summed E-state index contributed by atoms with van der Waals surface area (Å²) in [7, 11) is 0. The minimum atomic E-state index is 0.568. The summed E-state index contributed by atoms with van der Waals surface area (Å²) < 4.78 is 0. The number of carbonyl (C=O) groups excluding carboxylic acids is 1. The van der Waals surface area contributed by atoms with E-state index in [1.165, 1.54) is 0 Å². The average Bonchev–Trinajstić information content (AvgIpc) is 2.33. The first-order valence-corrected chi connectivity index (χ1v) is 4.63. The molecular weight excluding hydrogens is 186 g/mol. The van der Waals surface area contributed by atoms with Gasteiger partial charge in [-0.3, -0.25) is 4.98 Å². The van der Waals surface area contributed by atoms with Gasteiger partial charge in [0.1, 0.15) is 5.94 Å². The van der Waals surface area contributed by atoms with Gasteiger partial charge in [0, 0.05) is 12.4 Å². The SMILES string of the molecule is O=C=C(c1ccccc1)c1ccncc1. The van der Waals surface area contributed by atoms with E-state index < -0.39 is 0 Å². The third kappa shape index (κ3) is 2.01. The zero-order valence-corrected chi connectivity index (χ0v) is 8.05. The van der Waals surface area contributed by atoms with Crippen LogP contribution in [0.4, 0.5) is 0 Å². The van der Waals surface area contributed by atoms with Crippen molar-refractivity contribution in [2.45, 2.75) is 0 Å². The van der Waals surface area contributed by atoms with Crippen molar-refractivity contribution in [1.82, 2.24) is 4.98 Å². The second-order valence-corrected chi connectivity index (χ2v) is 3.08. The maximum Gasteiger partial charge on any atom is 0.133 e. The van der Waals surface area contributed by atoms with Crippen LogP contribution in [0.3, 0.4) is 0 Å². The van der Waals surface area contributed by atoms with Crippen molar-refractivity contribution in [3.8, 4) is 0 Å². The molecule has 0 aliphatic rings. The van der Waals surface area contributed by atoms with Gasteiger partial charge < -0.3 is 0 Å². The molecule has 0 aliphatic heterocycles. The summed E-state index contributed by atoms with van der Waals surface area (Å²) >= 11 is 0. The molecule has 0 spiro atoms. The molecule has 0 amide bonds. The molecular formula is C13H9NO. The van der Waals surface area contributed by atoms with Crippen LogP contribution in [0.5, 0.6) is 0 Å². The minimum absolute atomic E-state index is 0.568. The molecule has 0 unspecified atom stereocenters. The molecule has 1 aromatic carbocycles. The van der Waals surface area contributed by atoms with E-state index in [1.54, 1.807) is 24.5 Å². The molecule has 72 valence electrons. The molecule has 0 aliphatic carbocycles. The van der Waals surface area contributed by atoms with Crippen molar-refractivity contribution in [2.75, 3.05) is 0 Å². The Balaban J connectivity index is 2.48. The Kier molecular flexibility index (Phi) is 2.72. The maximum absolute atomic E-state index is 10.9. The average molecular weight is 195 g/mol. The lowest BCUT2D eigenvalue weighted by atomic mass is 10.0. The Morgan fingerprint density at radius 2 is 1.53 bits per heavy atom. The zero-order chi connectivity index (χ0) is 10.5. The fraction of sp³-hybridized carbons (Fsp3) is 0. The van der Waals surface area contributed by atoms with Gasteiger partial charge >= 0.3 is 0 Å². The van der Waals surface area contributed by atoms with Crippen LogP contribution in [0.1, 0.15) is 11.1 Å². The van der Waals surface area contributed by atoms with Crippen LogP contribution in [0.25, 0.3) is 5.57 Å². The highest BCUT2D eigenvalue weighted by molar-refractivity contribution is 5.96. The fourth-order valence-electron chi connectivity index (χ4n) is 1.41. The number of hydrogen-bond acceptors (Lipinski definition) is 2. The van der Waals surface area contributed by atoms with Gasteiger partial charge in [-0.15, -0.1) is 0 Å². The molecule has 0 bridgehead atoms. The molecule has 0 saturated carbocycles. The molecule has 0 atom stereocenters. The molecule has 0 N–H and O–H groups in total. The maximum atomic E-state index is 10.9. The van der Waals surface area contributed by atoms with E-state index in [9.17, 15) is 4.79 Å². The van der Waals surface area contributed by atoms with E-state index in [2.05, 4.69) is 4.98 Å². The normalized spacial score (nSPS) is 9.33. The molecule has 0 saturated heterocycles. The van der Waals surface area contributed by atoms with Crippen LogP contribution in [-0.2, 0) is 4.79 Å². The molecule has 2 aromatic rings. The van der Waals surface area contributed by atoms with E-state index in [4.69, 9.17) is 0 Å². The number of pyridine rings is 1. The van der Waals surface area contributed by atoms with Crippen LogP contribution >= 0.6 is 0 Å². The van der Waals surface area contributed by atoms with Crippen molar-refractivity contribution in [1.29, 1.82) is 0 Å². The summed E-state index contributed by atoms with van der Waals surface area (Å²) in [5.74, 6) is 1.97. The molecule has 1 aromatic heterocycles. The van der Waals surface area contributed by atoms with Gasteiger partial charge in [-0.05, 0) is 23.3 Å². The summed E-state index contributed by atoms with van der Waals surface area (Å²) in [6.07, 6.45) is 3.32. The Hall–Kier alpha value is -2.18. The van der Waals surface area contributed by atoms with Crippen LogP contribution in [-0.4, -0.2) is 10.9 Å². The lowest BCUT2D eigenvalue weighted by Gasteiger charge is -2.02. The van der Waals surface area contributed by atoms with Gasteiger partial charge in [0.15, 0.2) is 0 Å². The molecule has 2 nitrogen and oxygen atoms in total. The molecule has 1 heterocycles. The van der Waals surface area contributed by atoms with Crippen molar-refractivity contribution in [3.05, 3.63) is 66.0 Å². The minimum Gasteiger partial charge on any atom is -0.265 e. The molecule has 0 radical (unpaired) electrons.